The maximum Gasteiger partial charge on any atom is 0.408 e. The number of amides is 1. The molecule has 1 aliphatic heterocycles. The number of hydrogen-bond acceptors (Lipinski definition) is 4. The van der Waals surface area contributed by atoms with Crippen LogP contribution in [0.4, 0.5) is 4.79 Å². The van der Waals surface area contributed by atoms with E-state index in [1.165, 1.54) is 4.90 Å². The summed E-state index contributed by atoms with van der Waals surface area (Å²) in [6, 6.07) is 7.79. The van der Waals surface area contributed by atoms with Crippen LogP contribution in [0, 0.1) is 0 Å². The summed E-state index contributed by atoms with van der Waals surface area (Å²) < 4.78 is 7.47. The third-order valence-corrected chi connectivity index (χ3v) is 4.04. The number of fused-ring (bicyclic) bond motifs is 5. The lowest BCUT2D eigenvalue weighted by atomic mass is 10.2. The number of pyridine rings is 1. The van der Waals surface area contributed by atoms with E-state index < -0.39 is 12.3 Å². The summed E-state index contributed by atoms with van der Waals surface area (Å²) in [7, 11) is 1.54. The average Bonchev–Trinajstić information content (AvgIpc) is 2.93. The van der Waals surface area contributed by atoms with Gasteiger partial charge in [-0.25, -0.2) is 9.78 Å². The first-order valence-electron chi connectivity index (χ1n) is 6.95. The Morgan fingerprint density at radius 3 is 3.05 bits per heavy atom. The zero-order chi connectivity index (χ0) is 15.3. The molecular weight excluding hydrogens is 284 g/mol. The van der Waals surface area contributed by atoms with Crippen LogP contribution in [-0.4, -0.2) is 44.3 Å². The standard InChI is InChI=1S/C15H14N4O3/c1-18(15(20)21)13-8-22-7-12-17-11-6-16-10-5-3-2-4-9(10)14(11)19(12)13/h2-6,13H,7-8H2,1H3,(H,20,21)/t13-/m1/s1. The molecule has 0 spiro atoms. The van der Waals surface area contributed by atoms with Gasteiger partial charge in [0.25, 0.3) is 0 Å². The van der Waals surface area contributed by atoms with Gasteiger partial charge in [0.05, 0.1) is 23.8 Å². The average molecular weight is 298 g/mol. The first kappa shape index (κ1) is 13.0. The Kier molecular flexibility index (Phi) is 2.77. The molecule has 0 aliphatic carbocycles. The van der Waals surface area contributed by atoms with Crippen molar-refractivity contribution in [2.75, 3.05) is 13.7 Å². The van der Waals surface area contributed by atoms with Crippen LogP contribution in [0.3, 0.4) is 0 Å². The molecule has 2 aromatic heterocycles. The van der Waals surface area contributed by atoms with E-state index in [9.17, 15) is 9.90 Å². The number of ether oxygens (including phenoxy) is 1. The molecule has 22 heavy (non-hydrogen) atoms. The highest BCUT2D eigenvalue weighted by Crippen LogP contribution is 2.31. The highest BCUT2D eigenvalue weighted by Gasteiger charge is 2.30. The van der Waals surface area contributed by atoms with E-state index in [-0.39, 0.29) is 0 Å². The Labute approximate surface area is 125 Å². The van der Waals surface area contributed by atoms with Crippen LogP contribution >= 0.6 is 0 Å². The van der Waals surface area contributed by atoms with Gasteiger partial charge >= 0.3 is 6.09 Å². The zero-order valence-electron chi connectivity index (χ0n) is 11.9. The SMILES string of the molecule is CN(C(=O)O)[C@H]1COCc2nc3cnc4ccccc4c3n21. The molecule has 3 aromatic rings. The lowest BCUT2D eigenvalue weighted by Gasteiger charge is -2.31. The van der Waals surface area contributed by atoms with E-state index in [1.54, 1.807) is 13.2 Å². The molecule has 1 aliphatic rings. The van der Waals surface area contributed by atoms with Crippen LogP contribution in [0.1, 0.15) is 12.0 Å². The monoisotopic (exact) mass is 298 g/mol. The molecule has 1 aromatic carbocycles. The second-order valence-electron chi connectivity index (χ2n) is 5.30. The molecule has 112 valence electrons. The van der Waals surface area contributed by atoms with Crippen LogP contribution in [-0.2, 0) is 11.3 Å². The first-order chi connectivity index (χ1) is 10.7. The van der Waals surface area contributed by atoms with E-state index in [0.29, 0.717) is 13.2 Å². The van der Waals surface area contributed by atoms with Crippen molar-refractivity contribution >= 4 is 28.0 Å². The van der Waals surface area contributed by atoms with Crippen LogP contribution in [0.5, 0.6) is 0 Å². The van der Waals surface area contributed by atoms with Gasteiger partial charge in [-0.1, -0.05) is 18.2 Å². The maximum absolute atomic E-state index is 11.4. The highest BCUT2D eigenvalue weighted by molar-refractivity contribution is 6.02. The van der Waals surface area contributed by atoms with E-state index in [0.717, 1.165) is 27.8 Å². The van der Waals surface area contributed by atoms with Gasteiger partial charge in [0.2, 0.25) is 0 Å². The molecule has 0 saturated heterocycles. The Bertz CT molecular complexity index is 889. The van der Waals surface area contributed by atoms with Crippen LogP contribution in [0.25, 0.3) is 21.9 Å². The van der Waals surface area contributed by atoms with Gasteiger partial charge in [-0.05, 0) is 6.07 Å². The number of aromatic nitrogens is 3. The molecule has 1 amide bonds. The summed E-state index contributed by atoms with van der Waals surface area (Å²) in [5.41, 5.74) is 2.52. The molecule has 7 nitrogen and oxygen atoms in total. The molecule has 0 saturated carbocycles. The van der Waals surface area contributed by atoms with Gasteiger partial charge in [0.1, 0.15) is 24.1 Å². The number of carboxylic acid groups (broad SMARTS) is 1. The number of imidazole rings is 1. The Morgan fingerprint density at radius 2 is 2.23 bits per heavy atom. The van der Waals surface area contributed by atoms with Gasteiger partial charge in [-0.2, -0.15) is 0 Å². The largest absolute Gasteiger partial charge is 0.465 e. The molecule has 7 heteroatoms. The molecule has 1 atom stereocenters. The fourth-order valence-electron chi connectivity index (χ4n) is 2.94. The van der Waals surface area contributed by atoms with Crippen LogP contribution in [0.15, 0.2) is 30.5 Å². The topological polar surface area (TPSA) is 80.5 Å². The molecule has 0 radical (unpaired) electrons. The number of hydrogen-bond donors (Lipinski definition) is 1. The number of nitrogens with zero attached hydrogens (tertiary/aromatic N) is 4. The molecule has 1 N–H and O–H groups in total. The summed E-state index contributed by atoms with van der Waals surface area (Å²) in [5, 5.41) is 10.3. The third kappa shape index (κ3) is 1.75. The molecular formula is C15H14N4O3. The Hall–Kier alpha value is -2.67. The van der Waals surface area contributed by atoms with Gasteiger partial charge < -0.3 is 14.4 Å². The number of benzene rings is 1. The fraction of sp³-hybridized carbons (Fsp3) is 0.267. The Morgan fingerprint density at radius 1 is 1.41 bits per heavy atom. The molecule has 0 fully saturated rings. The summed E-state index contributed by atoms with van der Waals surface area (Å²) in [6.45, 7) is 0.672. The van der Waals surface area contributed by atoms with Crippen molar-refractivity contribution in [2.24, 2.45) is 0 Å². The van der Waals surface area contributed by atoms with Crippen molar-refractivity contribution in [3.63, 3.8) is 0 Å². The second-order valence-corrected chi connectivity index (χ2v) is 5.30. The van der Waals surface area contributed by atoms with Gasteiger partial charge in [0, 0.05) is 12.4 Å². The van der Waals surface area contributed by atoms with Crippen molar-refractivity contribution in [3.05, 3.63) is 36.3 Å². The lowest BCUT2D eigenvalue weighted by Crippen LogP contribution is -2.39. The van der Waals surface area contributed by atoms with E-state index >= 15 is 0 Å². The van der Waals surface area contributed by atoms with Crippen molar-refractivity contribution in [1.29, 1.82) is 0 Å². The predicted molar refractivity (Wildman–Crippen MR) is 79.5 cm³/mol. The number of para-hydroxylation sites is 1. The maximum atomic E-state index is 11.4. The van der Waals surface area contributed by atoms with Crippen molar-refractivity contribution in [1.82, 2.24) is 19.4 Å². The predicted octanol–water partition coefficient (Wildman–Crippen LogP) is 2.22. The molecule has 3 heterocycles. The number of carbonyl (C=O) groups is 1. The first-order valence-corrected chi connectivity index (χ1v) is 6.95. The van der Waals surface area contributed by atoms with E-state index in [4.69, 9.17) is 4.74 Å². The Balaban J connectivity index is 2.05. The zero-order valence-corrected chi connectivity index (χ0v) is 11.9. The van der Waals surface area contributed by atoms with E-state index in [1.807, 2.05) is 28.8 Å². The third-order valence-electron chi connectivity index (χ3n) is 4.04. The second kappa shape index (κ2) is 4.67. The van der Waals surface area contributed by atoms with Crippen molar-refractivity contribution in [3.8, 4) is 0 Å². The molecule has 0 bridgehead atoms. The number of rotatable bonds is 1. The minimum absolute atomic E-state index is 0.303. The van der Waals surface area contributed by atoms with Gasteiger partial charge in [-0.15, -0.1) is 0 Å². The summed E-state index contributed by atoms with van der Waals surface area (Å²) in [6.07, 6.45) is 0.291. The quantitative estimate of drug-likeness (QED) is 0.745. The summed E-state index contributed by atoms with van der Waals surface area (Å²) in [4.78, 5) is 21.6. The summed E-state index contributed by atoms with van der Waals surface area (Å²) in [5.74, 6) is 0.720. The normalized spacial score (nSPS) is 17.6. The summed E-state index contributed by atoms with van der Waals surface area (Å²) >= 11 is 0. The molecule has 0 unspecified atom stereocenters. The highest BCUT2D eigenvalue weighted by atomic mass is 16.5. The van der Waals surface area contributed by atoms with Crippen molar-refractivity contribution in [2.45, 2.75) is 12.8 Å². The minimum Gasteiger partial charge on any atom is -0.465 e. The fourth-order valence-corrected chi connectivity index (χ4v) is 2.94. The van der Waals surface area contributed by atoms with Crippen molar-refractivity contribution < 1.29 is 14.6 Å². The van der Waals surface area contributed by atoms with Gasteiger partial charge in [-0.3, -0.25) is 9.88 Å². The van der Waals surface area contributed by atoms with Crippen LogP contribution < -0.4 is 0 Å². The van der Waals surface area contributed by atoms with E-state index in [2.05, 4.69) is 9.97 Å². The smallest absolute Gasteiger partial charge is 0.408 e. The lowest BCUT2D eigenvalue weighted by molar-refractivity contribution is 0.00300. The number of likely N-dealkylation sites (N-methyl/N-ethyl adjacent to an activating group) is 1. The minimum atomic E-state index is -0.998. The van der Waals surface area contributed by atoms with Gasteiger partial charge in [0.15, 0.2) is 0 Å². The molecule has 4 rings (SSSR count). The van der Waals surface area contributed by atoms with Crippen LogP contribution in [0.2, 0.25) is 0 Å².